The highest BCUT2D eigenvalue weighted by Gasteiger charge is 2.40. The molecule has 2 amide bonds. The van der Waals surface area contributed by atoms with Crippen molar-refractivity contribution in [2.24, 2.45) is 5.92 Å². The van der Waals surface area contributed by atoms with Crippen LogP contribution in [0.2, 0.25) is 5.02 Å². The van der Waals surface area contributed by atoms with Gasteiger partial charge >= 0.3 is 12.2 Å². The molecule has 3 aliphatic rings. The summed E-state index contributed by atoms with van der Waals surface area (Å²) < 4.78 is 43.8. The number of halogens is 4. The molecule has 1 aromatic rings. The number of fused-ring (bicyclic) bond motifs is 1. The number of rotatable bonds is 2. The van der Waals surface area contributed by atoms with Gasteiger partial charge in [-0.3, -0.25) is 4.79 Å². The number of benzene rings is 1. The molecule has 29 heavy (non-hydrogen) atoms. The van der Waals surface area contributed by atoms with Gasteiger partial charge in [0.15, 0.2) is 5.78 Å². The Morgan fingerprint density at radius 2 is 1.97 bits per heavy atom. The first-order valence-electron chi connectivity index (χ1n) is 9.41. The standard InChI is InChI=1S/C19H20ClF3N2O3S/c20-15-6-12(19(21,22)23)1-2-17(15)29-14-8-25(9-14)18(27)24-4-3-16-11(7-24)5-13(26)10-28-16/h1-2,6,11,14,16H,3-5,7-10H2/t11-,16+/m1/s1. The zero-order valence-electron chi connectivity index (χ0n) is 15.5. The van der Waals surface area contributed by atoms with E-state index in [2.05, 4.69) is 0 Å². The molecule has 0 unspecified atom stereocenters. The van der Waals surface area contributed by atoms with E-state index >= 15 is 0 Å². The molecule has 10 heteroatoms. The Bertz CT molecular complexity index is 816. The van der Waals surface area contributed by atoms with Crippen LogP contribution >= 0.6 is 23.4 Å². The lowest BCUT2D eigenvalue weighted by Gasteiger charge is -2.45. The number of amides is 2. The largest absolute Gasteiger partial charge is 0.416 e. The predicted octanol–water partition coefficient (Wildman–Crippen LogP) is 3.94. The van der Waals surface area contributed by atoms with Crippen LogP contribution in [0.5, 0.6) is 0 Å². The highest BCUT2D eigenvalue weighted by atomic mass is 35.5. The number of hydrogen-bond donors (Lipinski definition) is 0. The van der Waals surface area contributed by atoms with E-state index in [1.165, 1.54) is 17.8 Å². The van der Waals surface area contributed by atoms with Crippen LogP contribution in [0.3, 0.4) is 0 Å². The van der Waals surface area contributed by atoms with E-state index in [4.69, 9.17) is 16.3 Å². The van der Waals surface area contributed by atoms with Crippen LogP contribution in [0.4, 0.5) is 18.0 Å². The molecule has 0 N–H and O–H groups in total. The van der Waals surface area contributed by atoms with E-state index in [1.807, 2.05) is 0 Å². The number of alkyl halides is 3. The maximum atomic E-state index is 12.7. The Balaban J connectivity index is 1.29. The summed E-state index contributed by atoms with van der Waals surface area (Å²) in [5, 5.41) is 0.156. The van der Waals surface area contributed by atoms with Crippen molar-refractivity contribution in [2.75, 3.05) is 32.8 Å². The molecule has 0 bridgehead atoms. The van der Waals surface area contributed by atoms with Gasteiger partial charge < -0.3 is 14.5 Å². The van der Waals surface area contributed by atoms with Gasteiger partial charge in [-0.05, 0) is 24.6 Å². The Morgan fingerprint density at radius 1 is 1.21 bits per heavy atom. The molecule has 3 heterocycles. The molecule has 1 aromatic carbocycles. The van der Waals surface area contributed by atoms with Crippen molar-refractivity contribution in [1.82, 2.24) is 9.80 Å². The molecular formula is C19H20ClF3N2O3S. The highest BCUT2D eigenvalue weighted by Crippen LogP contribution is 2.39. The molecule has 5 nitrogen and oxygen atoms in total. The number of ketones is 1. The van der Waals surface area contributed by atoms with Gasteiger partial charge in [0.1, 0.15) is 6.61 Å². The number of ether oxygens (including phenoxy) is 1. The molecule has 3 aliphatic heterocycles. The topological polar surface area (TPSA) is 49.9 Å². The van der Waals surface area contributed by atoms with Crippen molar-refractivity contribution in [3.05, 3.63) is 28.8 Å². The minimum atomic E-state index is -4.42. The minimum absolute atomic E-state index is 0.0539. The van der Waals surface area contributed by atoms with E-state index in [-0.39, 0.29) is 40.7 Å². The van der Waals surface area contributed by atoms with Gasteiger partial charge in [-0.1, -0.05) is 11.6 Å². The first-order valence-corrected chi connectivity index (χ1v) is 10.7. The SMILES string of the molecule is O=C1CO[C@H]2CCN(C(=O)N3CC(Sc4ccc(C(F)(F)F)cc4Cl)C3)C[C@H]2C1. The first kappa shape index (κ1) is 20.8. The predicted molar refractivity (Wildman–Crippen MR) is 102 cm³/mol. The number of piperidine rings is 1. The highest BCUT2D eigenvalue weighted by molar-refractivity contribution is 8.00. The van der Waals surface area contributed by atoms with E-state index < -0.39 is 11.7 Å². The summed E-state index contributed by atoms with van der Waals surface area (Å²) in [5.41, 5.74) is -0.772. The summed E-state index contributed by atoms with van der Waals surface area (Å²) in [4.78, 5) is 28.4. The van der Waals surface area contributed by atoms with Crippen molar-refractivity contribution < 1.29 is 27.5 Å². The third-order valence-electron chi connectivity index (χ3n) is 5.55. The fraction of sp³-hybridized carbons (Fsp3) is 0.579. The smallest absolute Gasteiger partial charge is 0.370 e. The molecule has 0 radical (unpaired) electrons. The summed E-state index contributed by atoms with van der Waals surface area (Å²) in [6.45, 7) is 2.33. The summed E-state index contributed by atoms with van der Waals surface area (Å²) in [7, 11) is 0. The second kappa shape index (κ2) is 8.00. The molecule has 4 rings (SSSR count). The number of urea groups is 1. The fourth-order valence-corrected chi connectivity index (χ4v) is 5.47. The van der Waals surface area contributed by atoms with E-state index in [0.29, 0.717) is 37.5 Å². The zero-order valence-corrected chi connectivity index (χ0v) is 17.0. The van der Waals surface area contributed by atoms with Crippen LogP contribution in [-0.2, 0) is 15.7 Å². The second-order valence-corrected chi connectivity index (χ2v) is 9.41. The van der Waals surface area contributed by atoms with Crippen molar-refractivity contribution in [3.63, 3.8) is 0 Å². The second-order valence-electron chi connectivity index (χ2n) is 7.66. The molecule has 0 spiro atoms. The van der Waals surface area contributed by atoms with Crippen LogP contribution in [0.25, 0.3) is 0 Å². The van der Waals surface area contributed by atoms with Gasteiger partial charge in [0, 0.05) is 48.7 Å². The summed E-state index contributed by atoms with van der Waals surface area (Å²) in [6.07, 6.45) is -3.18. The fourth-order valence-electron chi connectivity index (χ4n) is 3.97. The molecule has 0 saturated carbocycles. The Kier molecular flexibility index (Phi) is 5.74. The van der Waals surface area contributed by atoms with E-state index in [1.54, 1.807) is 9.80 Å². The van der Waals surface area contributed by atoms with Gasteiger partial charge in [0.05, 0.1) is 16.7 Å². The third-order valence-corrected chi connectivity index (χ3v) is 7.22. The van der Waals surface area contributed by atoms with E-state index in [9.17, 15) is 22.8 Å². The van der Waals surface area contributed by atoms with Crippen molar-refractivity contribution >= 4 is 35.2 Å². The van der Waals surface area contributed by atoms with Gasteiger partial charge in [-0.15, -0.1) is 11.8 Å². The average Bonchev–Trinajstić information content (AvgIpc) is 2.63. The molecule has 0 aliphatic carbocycles. The minimum Gasteiger partial charge on any atom is -0.370 e. The zero-order chi connectivity index (χ0) is 20.8. The van der Waals surface area contributed by atoms with E-state index in [0.717, 1.165) is 18.6 Å². The monoisotopic (exact) mass is 448 g/mol. The number of carbonyl (C=O) groups is 2. The van der Waals surface area contributed by atoms with Gasteiger partial charge in [-0.2, -0.15) is 13.2 Å². The lowest BCUT2D eigenvalue weighted by molar-refractivity contribution is -0.140. The molecular weight excluding hydrogens is 429 g/mol. The van der Waals surface area contributed by atoms with Crippen LogP contribution in [0, 0.1) is 5.92 Å². The summed E-state index contributed by atoms with van der Waals surface area (Å²) in [6, 6.07) is 3.28. The summed E-state index contributed by atoms with van der Waals surface area (Å²) >= 11 is 7.40. The molecule has 3 saturated heterocycles. The van der Waals surface area contributed by atoms with Crippen LogP contribution in [0.15, 0.2) is 23.1 Å². The number of thioether (sulfide) groups is 1. The molecule has 0 aromatic heterocycles. The van der Waals surface area contributed by atoms with Gasteiger partial charge in [-0.25, -0.2) is 4.79 Å². The quantitative estimate of drug-likeness (QED) is 0.687. The van der Waals surface area contributed by atoms with Crippen LogP contribution in [-0.4, -0.2) is 65.8 Å². The number of Topliss-reactive ketones (excluding diaryl/α,β-unsaturated/α-hetero) is 1. The first-order chi connectivity index (χ1) is 13.7. The van der Waals surface area contributed by atoms with Crippen LogP contribution in [0.1, 0.15) is 18.4 Å². The van der Waals surface area contributed by atoms with Crippen LogP contribution < -0.4 is 0 Å². The molecule has 2 atom stereocenters. The maximum absolute atomic E-state index is 12.7. The van der Waals surface area contributed by atoms with Crippen molar-refractivity contribution in [2.45, 2.75) is 35.3 Å². The Labute approximate surface area is 175 Å². The number of hydrogen-bond acceptors (Lipinski definition) is 4. The normalized spacial score (nSPS) is 25.6. The maximum Gasteiger partial charge on any atom is 0.416 e. The molecule has 3 fully saturated rings. The Morgan fingerprint density at radius 3 is 2.66 bits per heavy atom. The Hall–Kier alpha value is -1.45. The van der Waals surface area contributed by atoms with Crippen molar-refractivity contribution in [3.8, 4) is 0 Å². The lowest BCUT2D eigenvalue weighted by Crippen LogP contribution is -2.59. The number of nitrogens with zero attached hydrogens (tertiary/aromatic N) is 2. The van der Waals surface area contributed by atoms with Gasteiger partial charge in [0.25, 0.3) is 0 Å². The lowest BCUT2D eigenvalue weighted by atomic mass is 9.88. The average molecular weight is 449 g/mol. The summed E-state index contributed by atoms with van der Waals surface area (Å²) in [5.74, 6) is 0.140. The van der Waals surface area contributed by atoms with Gasteiger partial charge in [0.2, 0.25) is 0 Å². The van der Waals surface area contributed by atoms with Crippen molar-refractivity contribution in [1.29, 1.82) is 0 Å². The third kappa shape index (κ3) is 4.51. The molecule has 158 valence electrons. The number of likely N-dealkylation sites (tertiary alicyclic amines) is 2. The number of carbonyl (C=O) groups excluding carboxylic acids is 2.